The second kappa shape index (κ2) is 26.1. The number of Topliss-reactive ketones (excluding diaryl/α,β-unsaturated/α-hetero) is 1. The second-order valence-corrected chi connectivity index (χ2v) is 24.6. The lowest BCUT2D eigenvalue weighted by Gasteiger charge is -2.23. The van der Waals surface area contributed by atoms with Gasteiger partial charge < -0.3 is 42.2 Å². The molecule has 0 saturated carbocycles. The summed E-state index contributed by atoms with van der Waals surface area (Å²) < 4.78 is 5.47. The van der Waals surface area contributed by atoms with Crippen LogP contribution in [0.4, 0.5) is 5.82 Å². The first-order valence-electron chi connectivity index (χ1n) is 25.3. The minimum absolute atomic E-state index is 0.0260. The number of thiazole rings is 6. The van der Waals surface area contributed by atoms with Crippen LogP contribution < -0.4 is 32.3 Å². The highest BCUT2D eigenvalue weighted by molar-refractivity contribution is 7.15. The van der Waals surface area contributed by atoms with Crippen LogP contribution in [0.1, 0.15) is 132 Å². The Bertz CT molecular complexity index is 3550. The van der Waals surface area contributed by atoms with Gasteiger partial charge in [-0.15, -0.1) is 68.0 Å². The molecule has 0 spiro atoms. The topological polar surface area (TPSA) is 308 Å². The second-order valence-electron chi connectivity index (χ2n) is 18.7. The number of hydrogen-bond acceptors (Lipinski definition) is 22. The average molecular weight is 1190 g/mol. The number of aromatic nitrogens is 7. The first kappa shape index (κ1) is 57.7. The van der Waals surface area contributed by atoms with Gasteiger partial charge in [-0.2, -0.15) is 0 Å². The maximum Gasteiger partial charge on any atom is 0.271 e. The molecular weight excluding hydrogens is 1140 g/mol. The number of aryl methyl sites for hydroxylation is 1. The number of unbranched alkanes of at least 4 members (excludes halogenated alkanes) is 1. The van der Waals surface area contributed by atoms with Crippen molar-refractivity contribution >= 4 is 109 Å². The highest BCUT2D eigenvalue weighted by Crippen LogP contribution is 2.41. The number of hydrogen-bond donors (Lipinski definition) is 7. The van der Waals surface area contributed by atoms with Gasteiger partial charge in [0.25, 0.3) is 11.8 Å². The first-order chi connectivity index (χ1) is 38.6. The number of nitrogens with two attached hydrogens (primary N) is 1. The van der Waals surface area contributed by atoms with Gasteiger partial charge in [0.15, 0.2) is 5.78 Å². The molecule has 7 aromatic heterocycles. The van der Waals surface area contributed by atoms with E-state index in [1.54, 1.807) is 53.4 Å². The summed E-state index contributed by atoms with van der Waals surface area (Å²) in [5.41, 5.74) is 8.72. The van der Waals surface area contributed by atoms with Gasteiger partial charge in [0.05, 0.1) is 41.2 Å². The summed E-state index contributed by atoms with van der Waals surface area (Å²) in [6.45, 7) is 5.69. The third-order valence-electron chi connectivity index (χ3n) is 12.7. The number of fused-ring (bicyclic) bond motifs is 14. The van der Waals surface area contributed by atoms with Crippen molar-refractivity contribution in [1.82, 2.24) is 56.2 Å². The van der Waals surface area contributed by atoms with Gasteiger partial charge in [-0.05, 0) is 49.9 Å². The maximum absolute atomic E-state index is 14.3. The lowest BCUT2D eigenvalue weighted by Crippen LogP contribution is -2.40. The largest absolute Gasteiger partial charge is 0.386 e. The van der Waals surface area contributed by atoms with E-state index in [9.17, 15) is 33.9 Å². The third-order valence-corrected chi connectivity index (χ3v) is 18.5. The Morgan fingerprint density at radius 3 is 2.24 bits per heavy atom. The minimum atomic E-state index is -1.26. The number of carbonyl (C=O) groups excluding carboxylic acids is 6. The Morgan fingerprint density at radius 1 is 0.750 bits per heavy atom. The third kappa shape index (κ3) is 13.4. The van der Waals surface area contributed by atoms with E-state index in [2.05, 4.69) is 31.6 Å². The predicted octanol–water partition coefficient (Wildman–Crippen LogP) is 8.27. The predicted molar refractivity (Wildman–Crippen MR) is 310 cm³/mol. The minimum Gasteiger partial charge on any atom is -0.386 e. The fraction of sp³-hybridized carbons (Fsp3) is 0.340. The molecule has 21 nitrogen and oxygen atoms in total. The molecule has 0 saturated heterocycles. The van der Waals surface area contributed by atoms with Crippen LogP contribution in [0.3, 0.4) is 0 Å². The zero-order valence-electron chi connectivity index (χ0n) is 43.9. The van der Waals surface area contributed by atoms with Gasteiger partial charge in [0, 0.05) is 64.9 Å². The van der Waals surface area contributed by atoms with Crippen LogP contribution in [0.15, 0.2) is 64.0 Å². The molecular formula is C53H55N13O8S6. The van der Waals surface area contributed by atoms with Crippen LogP contribution >= 0.6 is 68.0 Å². The number of nitrogens with one attached hydrogen (secondary N) is 5. The lowest BCUT2D eigenvalue weighted by atomic mass is 9.90. The molecule has 10 bridgehead atoms. The summed E-state index contributed by atoms with van der Waals surface area (Å²) >= 11 is 7.42. The molecule has 0 aliphatic carbocycles. The molecule has 80 heavy (non-hydrogen) atoms. The molecule has 1 aromatic carbocycles. The van der Waals surface area contributed by atoms with Crippen LogP contribution in [0.25, 0.3) is 43.4 Å². The van der Waals surface area contributed by atoms with Gasteiger partial charge in [-0.25, -0.2) is 34.9 Å². The van der Waals surface area contributed by atoms with E-state index in [1.165, 1.54) is 82.2 Å². The summed E-state index contributed by atoms with van der Waals surface area (Å²) in [6, 6.07) is 10.4. The summed E-state index contributed by atoms with van der Waals surface area (Å²) in [5, 5.41) is 35.5. The van der Waals surface area contributed by atoms with E-state index in [0.29, 0.717) is 98.9 Å². The smallest absolute Gasteiger partial charge is 0.271 e. The number of amides is 5. The van der Waals surface area contributed by atoms with Crippen LogP contribution in [-0.2, 0) is 25.7 Å². The Balaban J connectivity index is 1.12. The molecule has 9 rings (SSSR count). The van der Waals surface area contributed by atoms with Crippen molar-refractivity contribution in [3.63, 3.8) is 0 Å². The normalized spacial score (nSPS) is 16.6. The number of anilines is 1. The Hall–Kier alpha value is -6.95. The van der Waals surface area contributed by atoms with Gasteiger partial charge in [0.1, 0.15) is 77.2 Å². The Morgan fingerprint density at radius 2 is 1.48 bits per heavy atom. The number of aliphatic hydroxyl groups is 1. The molecule has 0 fully saturated rings. The summed E-state index contributed by atoms with van der Waals surface area (Å²) in [5.74, 6) is -2.90. The lowest BCUT2D eigenvalue weighted by molar-refractivity contribution is -0.122. The zero-order valence-corrected chi connectivity index (χ0v) is 48.8. The standard InChI is InChI=1S/C53H55N13O8S6/c1-25(2)29-17-35(67)41-26(3)79-52(65-41)31(18-39(69)55-4)58-46(72)33-22-75-48(60-33)28-14-15-30(50-63-37(24-78-50)62-38(68)13-9-10-16-54)57-42(28)32-21-76-51(59-32)34-23-77-53(61-34)44(45(71)27-11-7-6-8-12-27)64-40(70)19-56-47(73)43-36(20-74-5)80-49(29)66-43/h6-8,11-12,14-15,21-25,29,31,44-45,71H,9-10,13,16-20,54H2,1-5H3,(H,55,69)(H,56,73)(H,58,72)(H,62,68)(H,64,70)/t29-,31+,44+,45+/m1/s1. The number of aliphatic hydroxyl groups excluding tert-OH is 1. The number of nitrogens with zero attached hydrogens (tertiary/aromatic N) is 7. The van der Waals surface area contributed by atoms with E-state index in [0.717, 1.165) is 6.42 Å². The number of ketones is 1. The average Bonchev–Trinajstić information content (AvgIpc) is 4.37. The van der Waals surface area contributed by atoms with Gasteiger partial charge in [-0.1, -0.05) is 44.2 Å². The number of rotatable bonds is 13. The van der Waals surface area contributed by atoms with Gasteiger partial charge >= 0.3 is 0 Å². The fourth-order valence-corrected chi connectivity index (χ4v) is 14.1. The monoisotopic (exact) mass is 1190 g/mol. The quantitative estimate of drug-likeness (QED) is 0.0534. The number of carbonyl (C=O) groups is 6. The van der Waals surface area contributed by atoms with Crippen molar-refractivity contribution in [1.29, 1.82) is 0 Å². The van der Waals surface area contributed by atoms with Crippen molar-refractivity contribution in [3.8, 4) is 43.4 Å². The summed E-state index contributed by atoms with van der Waals surface area (Å²) in [4.78, 5) is 117. The molecule has 1 aliphatic heterocycles. The summed E-state index contributed by atoms with van der Waals surface area (Å²) in [6.07, 6.45) is 0.203. The molecule has 0 radical (unpaired) electrons. The Labute approximate surface area is 483 Å². The number of methoxy groups -OCH3 is 1. The Kier molecular flexibility index (Phi) is 18.8. The van der Waals surface area contributed by atoms with Crippen molar-refractivity contribution in [2.24, 2.45) is 11.7 Å². The van der Waals surface area contributed by atoms with E-state index in [1.807, 2.05) is 31.4 Å². The van der Waals surface area contributed by atoms with E-state index >= 15 is 0 Å². The summed E-state index contributed by atoms with van der Waals surface area (Å²) in [7, 11) is 2.98. The van der Waals surface area contributed by atoms with Gasteiger partial charge in [0.2, 0.25) is 17.7 Å². The van der Waals surface area contributed by atoms with Crippen molar-refractivity contribution in [2.75, 3.05) is 32.6 Å². The SMILES string of the molecule is CNC(=O)C[C@@H]1NC(=O)c2csc(n2)-c2ccc(-c3nc(NC(=O)CCCCN)cs3)nc2-c2csc(n2)-c2csc(n2)[C@H]([C@@H](O)c2ccccc2)NC(=O)CNC(=O)c2nc(sc2COC)[C@@H](C(C)C)CC(=O)c2nc1sc2C. The van der Waals surface area contributed by atoms with Crippen LogP contribution in [0, 0.1) is 12.8 Å². The molecule has 5 amide bonds. The van der Waals surface area contributed by atoms with Crippen LogP contribution in [0.5, 0.6) is 0 Å². The molecule has 4 atom stereocenters. The first-order valence-corrected chi connectivity index (χ1v) is 30.4. The molecule has 27 heteroatoms. The van der Waals surface area contributed by atoms with Crippen LogP contribution in [0.2, 0.25) is 0 Å². The number of ether oxygens (including phenoxy) is 1. The maximum atomic E-state index is 14.3. The van der Waals surface area contributed by atoms with E-state index < -0.39 is 48.4 Å². The molecule has 1 aliphatic rings. The fourth-order valence-electron chi connectivity index (χ4n) is 8.53. The molecule has 8 heterocycles. The van der Waals surface area contributed by atoms with Crippen LogP contribution in [-0.4, -0.2) is 103 Å². The van der Waals surface area contributed by atoms with Crippen molar-refractivity contribution in [2.45, 2.75) is 83.6 Å². The number of pyridine rings is 1. The molecule has 0 unspecified atom stereocenters. The molecule has 8 aromatic rings. The van der Waals surface area contributed by atoms with Crippen molar-refractivity contribution < 1.29 is 38.6 Å². The van der Waals surface area contributed by atoms with Gasteiger partial charge in [-0.3, -0.25) is 28.8 Å². The van der Waals surface area contributed by atoms with E-state index in [4.69, 9.17) is 40.4 Å². The zero-order chi connectivity index (χ0) is 56.6. The number of benzene rings is 1. The molecule has 416 valence electrons. The van der Waals surface area contributed by atoms with E-state index in [-0.39, 0.29) is 60.0 Å². The molecule has 8 N–H and O–H groups in total. The van der Waals surface area contributed by atoms with Crippen molar-refractivity contribution in [3.05, 3.63) is 111 Å². The highest BCUT2D eigenvalue weighted by atomic mass is 32.1. The highest BCUT2D eigenvalue weighted by Gasteiger charge is 2.33.